The number of nitrogens with zero attached hydrogens (tertiary/aromatic N) is 5. The molecule has 2 bridgehead atoms. The molecule has 7 nitrogen and oxygen atoms in total. The van der Waals surface area contributed by atoms with Gasteiger partial charge in [-0.05, 0) is 80.5 Å². The molecule has 1 unspecified atom stereocenters. The standard InChI is InChI=1S/C35H34ClFN6O/c1-17-12-24(35(44)42(5)41-17)19(3)29-15-25-20(4)40-32-26(34(25)43(29)33-22-14-28(33)39-16-22)13-21(8-7-11-38)30(31(32)37)23-9-6-10-27(36)18(23)2/h6,9-10,12-13,15,19,22,28,33,39H,7-8,14,16H2,1-5H3/t19?,22-,28-,33+/m1/s1. The number of nitriles is 1. The number of fused-ring (bicyclic) bond motifs is 4. The van der Waals surface area contributed by atoms with Crippen LogP contribution in [-0.4, -0.2) is 31.9 Å². The number of benzene rings is 2. The first-order valence-electron chi connectivity index (χ1n) is 15.2. The van der Waals surface area contributed by atoms with Gasteiger partial charge in [-0.15, -0.1) is 0 Å². The number of rotatable bonds is 6. The monoisotopic (exact) mass is 608 g/mol. The summed E-state index contributed by atoms with van der Waals surface area (Å²) in [5, 5.41) is 19.7. The minimum Gasteiger partial charge on any atom is -0.338 e. The van der Waals surface area contributed by atoms with E-state index < -0.39 is 5.82 Å². The second-order valence-electron chi connectivity index (χ2n) is 12.5. The largest absolute Gasteiger partial charge is 0.338 e. The van der Waals surface area contributed by atoms with E-state index in [2.05, 4.69) is 34.0 Å². The van der Waals surface area contributed by atoms with E-state index in [4.69, 9.17) is 16.6 Å². The summed E-state index contributed by atoms with van der Waals surface area (Å²) >= 11 is 6.49. The molecule has 4 atom stereocenters. The van der Waals surface area contributed by atoms with Crippen molar-refractivity contribution in [2.45, 2.75) is 65.0 Å². The molecule has 8 rings (SSSR count). The molecule has 0 amide bonds. The third-order valence-corrected chi connectivity index (χ3v) is 10.3. The minimum atomic E-state index is -0.401. The van der Waals surface area contributed by atoms with Gasteiger partial charge in [0.15, 0.2) is 5.82 Å². The fraction of sp³-hybridized carbons (Fsp3) is 0.371. The van der Waals surface area contributed by atoms with Crippen molar-refractivity contribution in [2.24, 2.45) is 13.0 Å². The molecule has 0 radical (unpaired) electrons. The van der Waals surface area contributed by atoms with E-state index in [-0.39, 0.29) is 23.9 Å². The Hall–Kier alpha value is -4.06. The first-order chi connectivity index (χ1) is 21.1. The van der Waals surface area contributed by atoms with Crippen molar-refractivity contribution in [3.8, 4) is 17.2 Å². The normalized spacial score (nSPS) is 19.8. The zero-order valence-corrected chi connectivity index (χ0v) is 26.3. The van der Waals surface area contributed by atoms with E-state index in [0.29, 0.717) is 45.6 Å². The minimum absolute atomic E-state index is 0.124. The van der Waals surface area contributed by atoms with Gasteiger partial charge in [0.05, 0.1) is 23.3 Å². The molecule has 2 aliphatic heterocycles. The quantitative estimate of drug-likeness (QED) is 0.229. The molecule has 1 saturated carbocycles. The van der Waals surface area contributed by atoms with Crippen LogP contribution in [0.25, 0.3) is 32.9 Å². The van der Waals surface area contributed by atoms with Crippen LogP contribution in [0.1, 0.15) is 65.5 Å². The van der Waals surface area contributed by atoms with Gasteiger partial charge in [-0.2, -0.15) is 10.4 Å². The maximum atomic E-state index is 17.0. The molecule has 3 aliphatic rings. The van der Waals surface area contributed by atoms with Crippen molar-refractivity contribution >= 4 is 33.4 Å². The Morgan fingerprint density at radius 1 is 1.20 bits per heavy atom. The average molecular weight is 609 g/mol. The van der Waals surface area contributed by atoms with Gasteiger partial charge in [0, 0.05) is 70.3 Å². The van der Waals surface area contributed by atoms with E-state index in [1.54, 1.807) is 13.1 Å². The van der Waals surface area contributed by atoms with Crippen LogP contribution < -0.4 is 10.9 Å². The Morgan fingerprint density at radius 2 is 2.00 bits per heavy atom. The van der Waals surface area contributed by atoms with E-state index in [1.807, 2.05) is 45.0 Å². The fourth-order valence-electron chi connectivity index (χ4n) is 7.61. The number of nitrogens with one attached hydrogen (secondary N) is 1. The van der Waals surface area contributed by atoms with Gasteiger partial charge >= 0.3 is 0 Å². The van der Waals surface area contributed by atoms with E-state index in [9.17, 15) is 10.1 Å². The molecule has 1 N–H and O–H groups in total. The van der Waals surface area contributed by atoms with Crippen molar-refractivity contribution in [1.82, 2.24) is 24.6 Å². The number of hydrogen-bond donors (Lipinski definition) is 1. The van der Waals surface area contributed by atoms with Gasteiger partial charge < -0.3 is 9.88 Å². The third-order valence-electron chi connectivity index (χ3n) is 9.87. The highest BCUT2D eigenvalue weighted by Gasteiger charge is 2.49. The van der Waals surface area contributed by atoms with Crippen LogP contribution >= 0.6 is 11.6 Å². The Bertz CT molecular complexity index is 2090. The summed E-state index contributed by atoms with van der Waals surface area (Å²) in [6, 6.07) is 14.3. The summed E-state index contributed by atoms with van der Waals surface area (Å²) in [7, 11) is 1.68. The lowest BCUT2D eigenvalue weighted by molar-refractivity contribution is 0.221. The number of aryl methyl sites for hydroxylation is 4. The number of hydrogen-bond acceptors (Lipinski definition) is 5. The summed E-state index contributed by atoms with van der Waals surface area (Å²) in [6.45, 7) is 8.71. The predicted octanol–water partition coefficient (Wildman–Crippen LogP) is 6.81. The Labute approximate surface area is 260 Å². The number of pyridine rings is 1. The highest BCUT2D eigenvalue weighted by molar-refractivity contribution is 6.31. The zero-order chi connectivity index (χ0) is 31.0. The predicted molar refractivity (Wildman–Crippen MR) is 172 cm³/mol. The molecule has 0 spiro atoms. The molecular weight excluding hydrogens is 575 g/mol. The van der Waals surface area contributed by atoms with Gasteiger partial charge in [0.2, 0.25) is 0 Å². The van der Waals surface area contributed by atoms with Crippen LogP contribution in [0.15, 0.2) is 41.2 Å². The Balaban J connectivity index is 1.57. The number of halogens is 2. The third kappa shape index (κ3) is 4.21. The van der Waals surface area contributed by atoms with Crippen LogP contribution in [0.2, 0.25) is 5.02 Å². The smallest absolute Gasteiger partial charge is 0.270 e. The topological polar surface area (TPSA) is 88.5 Å². The Kier molecular flexibility index (Phi) is 6.87. The lowest BCUT2D eigenvalue weighted by Crippen LogP contribution is -2.40. The molecule has 44 heavy (non-hydrogen) atoms. The average Bonchev–Trinajstić information content (AvgIpc) is 3.73. The first-order valence-corrected chi connectivity index (χ1v) is 15.6. The van der Waals surface area contributed by atoms with Gasteiger partial charge in [-0.25, -0.2) is 14.1 Å². The molecule has 2 aromatic carbocycles. The summed E-state index contributed by atoms with van der Waals surface area (Å²) in [6.07, 6.45) is 1.74. The molecule has 224 valence electrons. The molecule has 2 saturated heterocycles. The van der Waals surface area contributed by atoms with Crippen molar-refractivity contribution in [3.05, 3.63) is 91.4 Å². The van der Waals surface area contributed by atoms with Crippen LogP contribution in [0, 0.1) is 43.8 Å². The van der Waals surface area contributed by atoms with Crippen LogP contribution in [0.4, 0.5) is 4.39 Å². The highest BCUT2D eigenvalue weighted by Crippen LogP contribution is 2.49. The van der Waals surface area contributed by atoms with E-state index in [0.717, 1.165) is 57.5 Å². The van der Waals surface area contributed by atoms with E-state index >= 15 is 4.39 Å². The molecule has 9 heteroatoms. The van der Waals surface area contributed by atoms with Gasteiger partial charge in [0.1, 0.15) is 5.52 Å². The molecule has 5 aromatic rings. The number of aromatic nitrogens is 4. The fourth-order valence-corrected chi connectivity index (χ4v) is 7.79. The summed E-state index contributed by atoms with van der Waals surface area (Å²) in [4.78, 5) is 18.2. The molecular formula is C35H34ClFN6O. The maximum absolute atomic E-state index is 17.0. The SMILES string of the molecule is Cc1cc(C(C)c2cc3c(C)nc4c(F)c(-c5cccc(Cl)c5C)c(CCC#N)cc4c3n2[C@H]2[C@H]3CN[C@@H]2C3)c(=O)n(C)n1. The lowest BCUT2D eigenvalue weighted by Gasteiger charge is -2.38. The van der Waals surface area contributed by atoms with Crippen molar-refractivity contribution in [3.63, 3.8) is 0 Å². The Morgan fingerprint density at radius 3 is 2.70 bits per heavy atom. The van der Waals surface area contributed by atoms with Crippen molar-refractivity contribution in [1.29, 1.82) is 5.26 Å². The second kappa shape index (κ2) is 10.5. The zero-order valence-electron chi connectivity index (χ0n) is 25.5. The van der Waals surface area contributed by atoms with Crippen molar-refractivity contribution < 1.29 is 4.39 Å². The van der Waals surface area contributed by atoms with Gasteiger partial charge in [-0.3, -0.25) is 4.79 Å². The van der Waals surface area contributed by atoms with Crippen LogP contribution in [0.3, 0.4) is 0 Å². The molecule has 5 heterocycles. The van der Waals surface area contributed by atoms with Gasteiger partial charge in [-0.1, -0.05) is 30.7 Å². The van der Waals surface area contributed by atoms with Crippen molar-refractivity contribution in [2.75, 3.05) is 6.54 Å². The summed E-state index contributed by atoms with van der Waals surface area (Å²) in [5.74, 6) is -0.182. The maximum Gasteiger partial charge on any atom is 0.270 e. The molecule has 3 aromatic heterocycles. The highest BCUT2D eigenvalue weighted by atomic mass is 35.5. The lowest BCUT2D eigenvalue weighted by atomic mass is 9.79. The summed E-state index contributed by atoms with van der Waals surface area (Å²) in [5.41, 5.74) is 7.01. The molecule has 1 aliphatic carbocycles. The van der Waals surface area contributed by atoms with Crippen LogP contribution in [-0.2, 0) is 13.5 Å². The van der Waals surface area contributed by atoms with Gasteiger partial charge in [0.25, 0.3) is 5.56 Å². The second-order valence-corrected chi connectivity index (χ2v) is 12.9. The summed E-state index contributed by atoms with van der Waals surface area (Å²) < 4.78 is 20.7. The van der Waals surface area contributed by atoms with E-state index in [1.165, 1.54) is 4.68 Å². The molecule has 3 fully saturated rings. The van der Waals surface area contributed by atoms with Crippen LogP contribution in [0.5, 0.6) is 0 Å². The first kappa shape index (κ1) is 28.7.